The van der Waals surface area contributed by atoms with E-state index in [1.165, 1.54) is 19.3 Å². The van der Waals surface area contributed by atoms with Crippen LogP contribution in [0.25, 0.3) is 0 Å². The molecule has 0 bridgehead atoms. The van der Waals surface area contributed by atoms with Gasteiger partial charge in [-0.1, -0.05) is 57.6 Å². The summed E-state index contributed by atoms with van der Waals surface area (Å²) < 4.78 is 0. The Morgan fingerprint density at radius 1 is 1.27 bits per heavy atom. The number of nitrogens with two attached hydrogens (primary N) is 1. The zero-order valence-corrected chi connectivity index (χ0v) is 9.18. The predicted octanol–water partition coefficient (Wildman–Crippen LogP) is 3.97. The standard InChI is InChI=1S/C13H21N.CH4/c1-4-12(10-11(2)3)13(14)8-6-5-7-9-13;/h4,10H,1-2,5-9,14H2,3H3;1H4/b12-10+;. The fourth-order valence-corrected chi connectivity index (χ4v) is 2.14. The molecule has 1 heteroatoms. The van der Waals surface area contributed by atoms with Gasteiger partial charge < -0.3 is 5.73 Å². The lowest BCUT2D eigenvalue weighted by atomic mass is 9.76. The van der Waals surface area contributed by atoms with Crippen LogP contribution in [-0.2, 0) is 0 Å². The monoisotopic (exact) mass is 207 g/mol. The molecular formula is C14H25N. The Morgan fingerprint density at radius 3 is 2.20 bits per heavy atom. The molecule has 15 heavy (non-hydrogen) atoms. The van der Waals surface area contributed by atoms with Crippen molar-refractivity contribution in [3.8, 4) is 0 Å². The number of hydrogen-bond acceptors (Lipinski definition) is 1. The summed E-state index contributed by atoms with van der Waals surface area (Å²) in [6, 6.07) is 0. The first-order chi connectivity index (χ1) is 6.58. The molecule has 0 radical (unpaired) electrons. The molecule has 0 aromatic carbocycles. The molecule has 1 fully saturated rings. The molecule has 0 amide bonds. The molecule has 1 aliphatic rings. The van der Waals surface area contributed by atoms with Crippen LogP contribution < -0.4 is 5.73 Å². The fraction of sp³-hybridized carbons (Fsp3) is 0.571. The molecule has 1 saturated carbocycles. The summed E-state index contributed by atoms with van der Waals surface area (Å²) in [5, 5.41) is 0. The molecule has 1 rings (SSSR count). The Bertz CT molecular complexity index is 255. The molecule has 0 atom stereocenters. The largest absolute Gasteiger partial charge is 0.321 e. The van der Waals surface area contributed by atoms with Crippen LogP contribution in [0.1, 0.15) is 46.5 Å². The minimum atomic E-state index is -0.140. The van der Waals surface area contributed by atoms with Gasteiger partial charge in [0.05, 0.1) is 0 Å². The second kappa shape index (κ2) is 5.92. The third-order valence-electron chi connectivity index (χ3n) is 2.94. The van der Waals surface area contributed by atoms with Gasteiger partial charge in [0.1, 0.15) is 0 Å². The minimum absolute atomic E-state index is 0. The first-order valence-electron chi connectivity index (χ1n) is 5.37. The molecule has 0 aliphatic heterocycles. The summed E-state index contributed by atoms with van der Waals surface area (Å²) in [6.45, 7) is 9.73. The van der Waals surface area contributed by atoms with Crippen LogP contribution >= 0.6 is 0 Å². The van der Waals surface area contributed by atoms with E-state index in [-0.39, 0.29) is 13.0 Å². The molecule has 0 saturated heterocycles. The Balaban J connectivity index is 0.00000196. The summed E-state index contributed by atoms with van der Waals surface area (Å²) in [6.07, 6.45) is 9.90. The number of allylic oxidation sites excluding steroid dienone is 2. The van der Waals surface area contributed by atoms with Crippen LogP contribution in [0.5, 0.6) is 0 Å². The number of rotatable bonds is 3. The molecular weight excluding hydrogens is 182 g/mol. The van der Waals surface area contributed by atoms with Crippen molar-refractivity contribution >= 4 is 0 Å². The summed E-state index contributed by atoms with van der Waals surface area (Å²) in [5.74, 6) is 0. The molecule has 0 aromatic rings. The fourth-order valence-electron chi connectivity index (χ4n) is 2.14. The van der Waals surface area contributed by atoms with Gasteiger partial charge in [-0.3, -0.25) is 0 Å². The Labute approximate surface area is 94.8 Å². The van der Waals surface area contributed by atoms with Crippen molar-refractivity contribution in [2.45, 2.75) is 52.0 Å². The van der Waals surface area contributed by atoms with Gasteiger partial charge in [0.25, 0.3) is 0 Å². The van der Waals surface area contributed by atoms with E-state index >= 15 is 0 Å². The average Bonchev–Trinajstić information content (AvgIpc) is 2.15. The van der Waals surface area contributed by atoms with E-state index in [1.54, 1.807) is 0 Å². The van der Waals surface area contributed by atoms with Crippen LogP contribution in [0, 0.1) is 0 Å². The van der Waals surface area contributed by atoms with Crippen molar-refractivity contribution in [2.24, 2.45) is 5.73 Å². The first-order valence-corrected chi connectivity index (χ1v) is 5.37. The zero-order valence-electron chi connectivity index (χ0n) is 9.18. The van der Waals surface area contributed by atoms with Crippen LogP contribution in [-0.4, -0.2) is 5.54 Å². The Hall–Kier alpha value is -0.820. The first kappa shape index (κ1) is 14.2. The van der Waals surface area contributed by atoms with Crippen molar-refractivity contribution in [3.05, 3.63) is 36.5 Å². The average molecular weight is 207 g/mol. The lowest BCUT2D eigenvalue weighted by molar-refractivity contribution is 0.347. The van der Waals surface area contributed by atoms with Gasteiger partial charge in [0.15, 0.2) is 0 Å². The van der Waals surface area contributed by atoms with Gasteiger partial charge in [0, 0.05) is 5.54 Å². The molecule has 1 aliphatic carbocycles. The molecule has 0 aromatic heterocycles. The highest BCUT2D eigenvalue weighted by Crippen LogP contribution is 2.32. The van der Waals surface area contributed by atoms with Crippen molar-refractivity contribution in [1.29, 1.82) is 0 Å². The second-order valence-corrected chi connectivity index (χ2v) is 4.37. The van der Waals surface area contributed by atoms with Gasteiger partial charge in [-0.25, -0.2) is 0 Å². The maximum atomic E-state index is 6.38. The maximum absolute atomic E-state index is 6.38. The topological polar surface area (TPSA) is 26.0 Å². The Kier molecular flexibility index (Phi) is 5.59. The summed E-state index contributed by atoms with van der Waals surface area (Å²) >= 11 is 0. The minimum Gasteiger partial charge on any atom is -0.321 e. The van der Waals surface area contributed by atoms with Crippen molar-refractivity contribution < 1.29 is 0 Å². The summed E-state index contributed by atoms with van der Waals surface area (Å²) in [5.41, 5.74) is 8.45. The molecule has 1 nitrogen and oxygen atoms in total. The molecule has 0 spiro atoms. The SMILES string of the molecule is C.C=C/C(=C\C(=C)C)C1(N)CCCCC1. The molecule has 2 N–H and O–H groups in total. The van der Waals surface area contributed by atoms with Crippen molar-refractivity contribution in [2.75, 3.05) is 0 Å². The molecule has 86 valence electrons. The van der Waals surface area contributed by atoms with Crippen LogP contribution in [0.15, 0.2) is 36.5 Å². The predicted molar refractivity (Wildman–Crippen MR) is 69.8 cm³/mol. The van der Waals surface area contributed by atoms with Gasteiger partial charge in [-0.05, 0) is 25.3 Å². The lowest BCUT2D eigenvalue weighted by Gasteiger charge is -2.34. The zero-order chi connectivity index (χ0) is 10.6. The highest BCUT2D eigenvalue weighted by molar-refractivity contribution is 5.35. The van der Waals surface area contributed by atoms with Gasteiger partial charge >= 0.3 is 0 Å². The van der Waals surface area contributed by atoms with E-state index in [0.29, 0.717) is 0 Å². The van der Waals surface area contributed by atoms with Gasteiger partial charge in [0.2, 0.25) is 0 Å². The van der Waals surface area contributed by atoms with Crippen LogP contribution in [0.3, 0.4) is 0 Å². The highest BCUT2D eigenvalue weighted by Gasteiger charge is 2.29. The normalized spacial score (nSPS) is 20.3. The smallest absolute Gasteiger partial charge is 0.0409 e. The maximum Gasteiger partial charge on any atom is 0.0409 e. The van der Waals surface area contributed by atoms with E-state index in [2.05, 4.69) is 19.2 Å². The van der Waals surface area contributed by atoms with Crippen molar-refractivity contribution in [1.82, 2.24) is 0 Å². The van der Waals surface area contributed by atoms with E-state index in [1.807, 2.05) is 13.0 Å². The lowest BCUT2D eigenvalue weighted by Crippen LogP contribution is -2.43. The third kappa shape index (κ3) is 3.67. The number of hydrogen-bond donors (Lipinski definition) is 1. The van der Waals surface area contributed by atoms with Crippen LogP contribution in [0.2, 0.25) is 0 Å². The summed E-state index contributed by atoms with van der Waals surface area (Å²) in [7, 11) is 0. The summed E-state index contributed by atoms with van der Waals surface area (Å²) in [4.78, 5) is 0. The van der Waals surface area contributed by atoms with Gasteiger partial charge in [-0.15, -0.1) is 0 Å². The highest BCUT2D eigenvalue weighted by atomic mass is 14.7. The van der Waals surface area contributed by atoms with E-state index in [0.717, 1.165) is 24.0 Å². The quantitative estimate of drug-likeness (QED) is 0.696. The molecule has 0 heterocycles. The Morgan fingerprint density at radius 2 is 1.80 bits per heavy atom. The third-order valence-corrected chi connectivity index (χ3v) is 2.94. The van der Waals surface area contributed by atoms with Gasteiger partial charge in [-0.2, -0.15) is 0 Å². The van der Waals surface area contributed by atoms with E-state index < -0.39 is 0 Å². The van der Waals surface area contributed by atoms with E-state index in [4.69, 9.17) is 5.73 Å². The van der Waals surface area contributed by atoms with Crippen molar-refractivity contribution in [3.63, 3.8) is 0 Å². The van der Waals surface area contributed by atoms with E-state index in [9.17, 15) is 0 Å². The van der Waals surface area contributed by atoms with Crippen LogP contribution in [0.4, 0.5) is 0 Å². The molecule has 0 unspecified atom stereocenters. The second-order valence-electron chi connectivity index (χ2n) is 4.37.